The third-order valence-electron chi connectivity index (χ3n) is 5.42. The molecule has 2 rings (SSSR count). The molecule has 0 fully saturated rings. The van der Waals surface area contributed by atoms with Gasteiger partial charge in [0.1, 0.15) is 11.5 Å². The minimum absolute atomic E-state index is 0.0120. The molecule has 0 aliphatic carbocycles. The molecule has 0 bridgehead atoms. The lowest BCUT2D eigenvalue weighted by molar-refractivity contribution is -0.423. The van der Waals surface area contributed by atoms with Crippen LogP contribution in [-0.4, -0.2) is 48.2 Å². The van der Waals surface area contributed by atoms with E-state index >= 15 is 0 Å². The van der Waals surface area contributed by atoms with Gasteiger partial charge in [-0.3, -0.25) is 4.79 Å². The molecule has 0 aliphatic rings. The minimum atomic E-state index is -7.50. The van der Waals surface area contributed by atoms with Crippen molar-refractivity contribution in [1.29, 1.82) is 0 Å². The monoisotopic (exact) mass is 612 g/mol. The van der Waals surface area contributed by atoms with Gasteiger partial charge >= 0.3 is 29.9 Å². The molecule has 0 aromatic heterocycles. The summed E-state index contributed by atoms with van der Waals surface area (Å²) < 4.78 is 154. The van der Waals surface area contributed by atoms with Crippen molar-refractivity contribution in [3.8, 4) is 11.5 Å². The van der Waals surface area contributed by atoms with Gasteiger partial charge in [0.05, 0.1) is 6.61 Å². The predicted octanol–water partition coefficient (Wildman–Crippen LogP) is 9.06. The number of hydrogen-bond acceptors (Lipinski definition) is 4. The Morgan fingerprint density at radius 3 is 1.73 bits per heavy atom. The van der Waals surface area contributed by atoms with Gasteiger partial charge < -0.3 is 9.47 Å². The first-order valence-corrected chi connectivity index (χ1v) is 12.4. The molecule has 0 saturated heterocycles. The van der Waals surface area contributed by atoms with E-state index in [1.54, 1.807) is 24.3 Å². The van der Waals surface area contributed by atoms with Crippen LogP contribution in [0.1, 0.15) is 43.0 Å². The number of halogens is 11. The third kappa shape index (κ3) is 7.52. The number of hydrogen-bond donors (Lipinski definition) is 0. The van der Waals surface area contributed by atoms with Crippen molar-refractivity contribution in [3.63, 3.8) is 0 Å². The summed E-state index contributed by atoms with van der Waals surface area (Å²) in [6.45, 7) is -0.0507. The summed E-state index contributed by atoms with van der Waals surface area (Å²) in [6.07, 6.45) is -3.12. The Morgan fingerprint density at radius 1 is 0.675 bits per heavy atom. The Kier molecular flexibility index (Phi) is 10.8. The first-order valence-electron chi connectivity index (χ1n) is 11.6. The van der Waals surface area contributed by atoms with E-state index in [1.165, 1.54) is 0 Å². The maximum Gasteiger partial charge on any atom is 0.460 e. The number of thioether (sulfide) groups is 1. The SMILES string of the molecule is CCCCCCOc1ccc(SC(=O)c2ccc(OCC(F)(F)C(F)(F)C(F)(F)C(F)(F)C(F)(F)F)cc2)cc1. The normalized spacial score (nSPS) is 13.3. The van der Waals surface area contributed by atoms with Crippen LogP contribution in [-0.2, 0) is 0 Å². The highest BCUT2D eigenvalue weighted by Gasteiger charge is 2.87. The fourth-order valence-corrected chi connectivity index (χ4v) is 3.79. The summed E-state index contributed by atoms with van der Waals surface area (Å²) in [5.74, 6) is -28.4. The molecule has 0 heterocycles. The fourth-order valence-electron chi connectivity index (χ4n) is 3.05. The number of benzene rings is 2. The Hall–Kier alpha value is -2.71. The Balaban J connectivity index is 1.98. The molecule has 0 unspecified atom stereocenters. The minimum Gasteiger partial charge on any atom is -0.494 e. The van der Waals surface area contributed by atoms with Crippen molar-refractivity contribution in [2.75, 3.05) is 13.2 Å². The molecular formula is C25H23F11O3S. The van der Waals surface area contributed by atoms with Gasteiger partial charge in [-0.05, 0) is 66.7 Å². The van der Waals surface area contributed by atoms with Gasteiger partial charge in [0.2, 0.25) is 5.12 Å². The van der Waals surface area contributed by atoms with Crippen LogP contribution in [0, 0.1) is 0 Å². The number of carbonyl (C=O) groups is 1. The van der Waals surface area contributed by atoms with E-state index in [0.29, 0.717) is 17.3 Å². The number of rotatable bonds is 14. The molecule has 224 valence electrons. The molecule has 0 atom stereocenters. The lowest BCUT2D eigenvalue weighted by Gasteiger charge is -2.37. The number of ether oxygens (including phenoxy) is 2. The average Bonchev–Trinajstić information content (AvgIpc) is 2.87. The molecule has 0 aliphatic heterocycles. The lowest BCUT2D eigenvalue weighted by atomic mass is 9.98. The zero-order valence-corrected chi connectivity index (χ0v) is 21.5. The lowest BCUT2D eigenvalue weighted by Crippen LogP contribution is -2.67. The zero-order chi connectivity index (χ0) is 30.4. The molecule has 2 aromatic carbocycles. The topological polar surface area (TPSA) is 35.5 Å². The standard InChI is InChI=1S/C25H23F11O3S/c1-2-3-4-5-14-38-17-10-12-19(13-11-17)40-20(37)16-6-8-18(9-7-16)39-15-21(26,27)22(28,29)23(30,31)24(32,33)25(34,35)36/h6-13H,2-5,14-15H2,1H3. The van der Waals surface area contributed by atoms with Gasteiger partial charge in [-0.15, -0.1) is 0 Å². The van der Waals surface area contributed by atoms with E-state index in [-0.39, 0.29) is 5.56 Å². The Bertz CT molecular complexity index is 1100. The quantitative estimate of drug-likeness (QED) is 0.121. The summed E-state index contributed by atoms with van der Waals surface area (Å²) >= 11 is 0.773. The van der Waals surface area contributed by atoms with Crippen LogP contribution in [0.3, 0.4) is 0 Å². The average molecular weight is 613 g/mol. The maximum atomic E-state index is 13.8. The van der Waals surface area contributed by atoms with Crippen LogP contribution in [0.25, 0.3) is 0 Å². The van der Waals surface area contributed by atoms with Crippen LogP contribution < -0.4 is 9.47 Å². The predicted molar refractivity (Wildman–Crippen MR) is 124 cm³/mol. The van der Waals surface area contributed by atoms with E-state index in [0.717, 1.165) is 61.7 Å². The highest BCUT2D eigenvalue weighted by Crippen LogP contribution is 2.57. The van der Waals surface area contributed by atoms with Crippen molar-refractivity contribution in [2.24, 2.45) is 0 Å². The highest BCUT2D eigenvalue weighted by atomic mass is 32.2. The number of carbonyl (C=O) groups excluding carboxylic acids is 1. The molecular weight excluding hydrogens is 589 g/mol. The maximum absolute atomic E-state index is 13.8. The first-order chi connectivity index (χ1) is 18.4. The van der Waals surface area contributed by atoms with Crippen molar-refractivity contribution < 1.29 is 62.6 Å². The second-order valence-corrected chi connectivity index (χ2v) is 9.55. The van der Waals surface area contributed by atoms with Gasteiger partial charge in [-0.2, -0.15) is 48.3 Å². The molecule has 3 nitrogen and oxygen atoms in total. The Morgan fingerprint density at radius 2 is 1.20 bits per heavy atom. The van der Waals surface area contributed by atoms with E-state index in [9.17, 15) is 53.1 Å². The van der Waals surface area contributed by atoms with Gasteiger partial charge in [0.15, 0.2) is 6.61 Å². The van der Waals surface area contributed by atoms with Crippen LogP contribution in [0.15, 0.2) is 53.4 Å². The van der Waals surface area contributed by atoms with Crippen LogP contribution in [0.5, 0.6) is 11.5 Å². The number of alkyl halides is 11. The van der Waals surface area contributed by atoms with E-state index in [4.69, 9.17) is 4.74 Å². The largest absolute Gasteiger partial charge is 0.494 e. The molecule has 0 spiro atoms. The van der Waals surface area contributed by atoms with Gasteiger partial charge in [-0.1, -0.05) is 26.2 Å². The Labute approximate surface area is 226 Å². The van der Waals surface area contributed by atoms with Crippen LogP contribution >= 0.6 is 11.8 Å². The van der Waals surface area contributed by atoms with Gasteiger partial charge in [0, 0.05) is 10.5 Å². The molecule has 0 N–H and O–H groups in total. The fraction of sp³-hybridized carbons (Fsp3) is 0.480. The first kappa shape index (κ1) is 33.5. The third-order valence-corrected chi connectivity index (χ3v) is 6.34. The van der Waals surface area contributed by atoms with Crippen LogP contribution in [0.2, 0.25) is 0 Å². The van der Waals surface area contributed by atoms with E-state index < -0.39 is 47.3 Å². The summed E-state index contributed by atoms with van der Waals surface area (Å²) in [6, 6.07) is 10.2. The number of unbranched alkanes of at least 4 members (excludes halogenated alkanes) is 3. The summed E-state index contributed by atoms with van der Waals surface area (Å²) in [7, 11) is 0. The molecule has 0 amide bonds. The molecule has 0 saturated carbocycles. The van der Waals surface area contributed by atoms with Crippen molar-refractivity contribution in [1.82, 2.24) is 0 Å². The second-order valence-electron chi connectivity index (χ2n) is 8.51. The summed E-state index contributed by atoms with van der Waals surface area (Å²) in [5, 5.41) is -0.536. The van der Waals surface area contributed by atoms with E-state index in [2.05, 4.69) is 11.7 Å². The smallest absolute Gasteiger partial charge is 0.460 e. The highest BCUT2D eigenvalue weighted by molar-refractivity contribution is 8.14. The summed E-state index contributed by atoms with van der Waals surface area (Å²) in [4.78, 5) is 13.0. The molecule has 2 aromatic rings. The van der Waals surface area contributed by atoms with Crippen molar-refractivity contribution in [3.05, 3.63) is 54.1 Å². The van der Waals surface area contributed by atoms with Crippen LogP contribution in [0.4, 0.5) is 48.3 Å². The molecule has 15 heteroatoms. The summed E-state index contributed by atoms with van der Waals surface area (Å²) in [5.41, 5.74) is -0.0120. The van der Waals surface area contributed by atoms with Gasteiger partial charge in [0.25, 0.3) is 0 Å². The van der Waals surface area contributed by atoms with Gasteiger partial charge in [-0.25, -0.2) is 0 Å². The van der Waals surface area contributed by atoms with E-state index in [1.807, 2.05) is 0 Å². The zero-order valence-electron chi connectivity index (χ0n) is 20.7. The van der Waals surface area contributed by atoms with Crippen molar-refractivity contribution in [2.45, 2.75) is 67.4 Å². The molecule has 0 radical (unpaired) electrons. The molecule has 40 heavy (non-hydrogen) atoms. The van der Waals surface area contributed by atoms with Crippen molar-refractivity contribution >= 4 is 16.9 Å². The second kappa shape index (κ2) is 12.9.